The standard InChI is InChI=1S/C24H51N.C17H32O4.CH4O2.CH4O/c1-3-5-7-9-12-16-20-24(21-17-13-10-8-6-4-2)22-18-14-11-15-19-23-25;1-4-5-6-7-10-13-17(19)21-15(2)12-9-8-11-14-20-16(3)18;1-3-2;1-2/h24H,3-23,25H2,1-2H3;15H,4-14H2,1-3H3;2H,1H3;2H,1H3. The van der Waals surface area contributed by atoms with E-state index < -0.39 is 0 Å². The first-order valence-corrected chi connectivity index (χ1v) is 21.5. The Kier molecular flexibility index (Phi) is 58.9. The topological polar surface area (TPSA) is 128 Å². The minimum Gasteiger partial charge on any atom is -0.466 e. The van der Waals surface area contributed by atoms with E-state index in [1.54, 1.807) is 0 Å². The summed E-state index contributed by atoms with van der Waals surface area (Å²) in [6, 6.07) is 0. The van der Waals surface area contributed by atoms with Crippen LogP contribution in [0.25, 0.3) is 0 Å². The first kappa shape index (κ1) is 56.5. The Morgan fingerprint density at radius 2 is 0.922 bits per heavy atom. The average Bonchev–Trinajstić information content (AvgIpc) is 3.11. The predicted octanol–water partition coefficient (Wildman–Crippen LogP) is 12.5. The van der Waals surface area contributed by atoms with Gasteiger partial charge in [0.2, 0.25) is 0 Å². The molecule has 1 unspecified atom stereocenters. The maximum atomic E-state index is 11.6. The van der Waals surface area contributed by atoms with Crippen molar-refractivity contribution in [2.75, 3.05) is 27.4 Å². The lowest BCUT2D eigenvalue weighted by Gasteiger charge is -2.17. The van der Waals surface area contributed by atoms with Crippen molar-refractivity contribution in [3.63, 3.8) is 0 Å². The van der Waals surface area contributed by atoms with Gasteiger partial charge < -0.3 is 20.3 Å². The number of carbonyl (C=O) groups excluding carboxylic acids is 2. The first-order valence-electron chi connectivity index (χ1n) is 21.5. The molecule has 1 atom stereocenters. The van der Waals surface area contributed by atoms with Gasteiger partial charge in [0.05, 0.1) is 19.8 Å². The number of rotatable bonds is 34. The van der Waals surface area contributed by atoms with Gasteiger partial charge in [0.25, 0.3) is 0 Å². The number of hydrogen-bond donors (Lipinski definition) is 3. The Morgan fingerprint density at radius 1 is 0.569 bits per heavy atom. The van der Waals surface area contributed by atoms with Gasteiger partial charge in [-0.3, -0.25) is 14.8 Å². The zero-order valence-electron chi connectivity index (χ0n) is 35.3. The quantitative estimate of drug-likeness (QED) is 0.0258. The molecule has 8 nitrogen and oxygen atoms in total. The molecule has 0 aliphatic heterocycles. The molecule has 310 valence electrons. The van der Waals surface area contributed by atoms with Crippen molar-refractivity contribution in [2.24, 2.45) is 11.7 Å². The molecule has 0 aliphatic rings. The van der Waals surface area contributed by atoms with Gasteiger partial charge in [0.15, 0.2) is 0 Å². The van der Waals surface area contributed by atoms with Crippen LogP contribution in [0.2, 0.25) is 0 Å². The molecule has 0 amide bonds. The van der Waals surface area contributed by atoms with Crippen LogP contribution in [0.3, 0.4) is 0 Å². The number of aliphatic hydroxyl groups is 1. The average molecular weight is 734 g/mol. The van der Waals surface area contributed by atoms with Gasteiger partial charge in [-0.2, -0.15) is 0 Å². The molecule has 0 fully saturated rings. The van der Waals surface area contributed by atoms with E-state index in [1.807, 2.05) is 6.92 Å². The van der Waals surface area contributed by atoms with E-state index in [9.17, 15) is 9.59 Å². The maximum Gasteiger partial charge on any atom is 0.306 e. The molecule has 0 heterocycles. The largest absolute Gasteiger partial charge is 0.466 e. The van der Waals surface area contributed by atoms with E-state index in [4.69, 9.17) is 25.6 Å². The lowest BCUT2D eigenvalue weighted by molar-refractivity contribution is -0.214. The van der Waals surface area contributed by atoms with Crippen LogP contribution in [0.1, 0.15) is 227 Å². The predicted molar refractivity (Wildman–Crippen MR) is 218 cm³/mol. The fourth-order valence-corrected chi connectivity index (χ4v) is 6.11. The van der Waals surface area contributed by atoms with Crippen LogP contribution in [-0.4, -0.2) is 55.8 Å². The number of carbonyl (C=O) groups is 2. The Labute approximate surface area is 318 Å². The van der Waals surface area contributed by atoms with Crippen LogP contribution in [0.4, 0.5) is 0 Å². The summed E-state index contributed by atoms with van der Waals surface area (Å²) in [6.07, 6.45) is 38.7. The Bertz CT molecular complexity index is 597. The van der Waals surface area contributed by atoms with Crippen LogP contribution in [-0.2, 0) is 24.0 Å². The van der Waals surface area contributed by atoms with Crippen molar-refractivity contribution in [2.45, 2.75) is 233 Å². The molecule has 0 radical (unpaired) electrons. The van der Waals surface area contributed by atoms with Gasteiger partial charge in [0.1, 0.15) is 0 Å². The highest BCUT2D eigenvalue weighted by Crippen LogP contribution is 2.24. The minimum absolute atomic E-state index is 0.0122. The van der Waals surface area contributed by atoms with Crippen molar-refractivity contribution >= 4 is 11.9 Å². The van der Waals surface area contributed by atoms with Crippen molar-refractivity contribution < 1.29 is 34.3 Å². The molecule has 0 aromatic carbocycles. The van der Waals surface area contributed by atoms with E-state index in [0.29, 0.717) is 13.0 Å². The Balaban J connectivity index is -0.000000388. The number of esters is 2. The molecule has 0 aromatic heterocycles. The van der Waals surface area contributed by atoms with Gasteiger partial charge in [-0.15, -0.1) is 0 Å². The molecule has 0 spiro atoms. The summed E-state index contributed by atoms with van der Waals surface area (Å²) < 4.78 is 10.2. The van der Waals surface area contributed by atoms with Gasteiger partial charge in [0, 0.05) is 20.5 Å². The fraction of sp³-hybridized carbons (Fsp3) is 0.953. The molecule has 0 saturated carbocycles. The molecule has 8 heteroatoms. The van der Waals surface area contributed by atoms with Gasteiger partial charge in [-0.25, -0.2) is 4.89 Å². The summed E-state index contributed by atoms with van der Waals surface area (Å²) in [5, 5.41) is 14.1. The molecule has 0 aromatic rings. The molecular weight excluding hydrogens is 642 g/mol. The molecule has 0 bridgehead atoms. The summed E-state index contributed by atoms with van der Waals surface area (Å²) in [6.45, 7) is 11.5. The van der Waals surface area contributed by atoms with Gasteiger partial charge in [-0.1, -0.05) is 168 Å². The summed E-state index contributed by atoms with van der Waals surface area (Å²) in [7, 11) is 2.18. The maximum absolute atomic E-state index is 11.6. The summed E-state index contributed by atoms with van der Waals surface area (Å²) in [5.41, 5.74) is 5.59. The fourth-order valence-electron chi connectivity index (χ4n) is 6.11. The summed E-state index contributed by atoms with van der Waals surface area (Å²) >= 11 is 0. The summed E-state index contributed by atoms with van der Waals surface area (Å²) in [5.74, 6) is 0.724. The SMILES string of the molecule is CCCCCCCC(=O)OC(C)CCCCCOC(C)=O.CCCCCCCCC(CCCCCCCC)CCCCCCCN.CO.COO. The zero-order chi connectivity index (χ0) is 39.1. The lowest BCUT2D eigenvalue weighted by atomic mass is 9.89. The molecule has 0 saturated heterocycles. The molecule has 0 rings (SSSR count). The second kappa shape index (κ2) is 53.1. The van der Waals surface area contributed by atoms with E-state index >= 15 is 0 Å². The van der Waals surface area contributed by atoms with E-state index in [1.165, 1.54) is 162 Å². The van der Waals surface area contributed by atoms with E-state index in [0.717, 1.165) is 58.1 Å². The number of aliphatic hydroxyl groups excluding tert-OH is 1. The van der Waals surface area contributed by atoms with Crippen LogP contribution in [0.15, 0.2) is 0 Å². The molecule has 0 aliphatic carbocycles. The van der Waals surface area contributed by atoms with Gasteiger partial charge in [-0.05, 0) is 57.9 Å². The highest BCUT2D eigenvalue weighted by molar-refractivity contribution is 5.69. The molecule has 51 heavy (non-hydrogen) atoms. The van der Waals surface area contributed by atoms with Crippen molar-refractivity contribution in [3.8, 4) is 0 Å². The van der Waals surface area contributed by atoms with E-state index in [-0.39, 0.29) is 18.0 Å². The van der Waals surface area contributed by atoms with Crippen LogP contribution in [0.5, 0.6) is 0 Å². The van der Waals surface area contributed by atoms with E-state index in [2.05, 4.69) is 25.7 Å². The number of nitrogens with two attached hydrogens (primary N) is 1. The lowest BCUT2D eigenvalue weighted by Crippen LogP contribution is -2.14. The molecular formula is C43H91NO7. The van der Waals surface area contributed by atoms with Crippen molar-refractivity contribution in [1.29, 1.82) is 0 Å². The second-order valence-electron chi connectivity index (χ2n) is 14.2. The highest BCUT2D eigenvalue weighted by Gasteiger charge is 2.10. The number of hydrogen-bond acceptors (Lipinski definition) is 8. The van der Waals surface area contributed by atoms with Gasteiger partial charge >= 0.3 is 11.9 Å². The normalized spacial score (nSPS) is 11.0. The third kappa shape index (κ3) is 58.3. The number of ether oxygens (including phenoxy) is 2. The van der Waals surface area contributed by atoms with Crippen molar-refractivity contribution in [3.05, 3.63) is 0 Å². The zero-order valence-corrected chi connectivity index (χ0v) is 35.3. The minimum atomic E-state index is -0.226. The monoisotopic (exact) mass is 734 g/mol. The van der Waals surface area contributed by atoms with Crippen molar-refractivity contribution in [1.82, 2.24) is 0 Å². The summed E-state index contributed by atoms with van der Waals surface area (Å²) in [4.78, 5) is 25.4. The van der Waals surface area contributed by atoms with Crippen LogP contribution in [0, 0.1) is 5.92 Å². The van der Waals surface area contributed by atoms with Crippen LogP contribution >= 0.6 is 0 Å². The third-order valence-electron chi connectivity index (χ3n) is 9.13. The molecule has 4 N–H and O–H groups in total. The smallest absolute Gasteiger partial charge is 0.306 e. The number of unbranched alkanes of at least 4 members (excludes halogenated alkanes) is 20. The second-order valence-corrected chi connectivity index (χ2v) is 14.2. The van der Waals surface area contributed by atoms with Crippen LogP contribution < -0.4 is 5.73 Å². The Hall–Kier alpha value is -1.22. The third-order valence-corrected chi connectivity index (χ3v) is 9.13. The highest BCUT2D eigenvalue weighted by atomic mass is 17.1. The first-order chi connectivity index (χ1) is 24.8. The Morgan fingerprint density at radius 3 is 1.33 bits per heavy atom.